The number of benzene rings is 1. The molecule has 0 fully saturated rings. The Kier molecular flexibility index (Phi) is 4.56. The second kappa shape index (κ2) is 6.80. The molecule has 3 rings (SSSR count). The van der Waals surface area contributed by atoms with Crippen LogP contribution in [-0.2, 0) is 7.05 Å². The van der Waals surface area contributed by atoms with E-state index in [2.05, 4.69) is 15.4 Å². The zero-order valence-corrected chi connectivity index (χ0v) is 14.7. The van der Waals surface area contributed by atoms with E-state index < -0.39 is 0 Å². The highest BCUT2D eigenvalue weighted by Gasteiger charge is 2.13. The first-order chi connectivity index (χ1) is 12.0. The van der Waals surface area contributed by atoms with Gasteiger partial charge in [0, 0.05) is 18.0 Å². The summed E-state index contributed by atoms with van der Waals surface area (Å²) in [6.07, 6.45) is 1.62. The monoisotopic (exact) mass is 340 g/mol. The number of carbonyl (C=O) groups is 1. The van der Waals surface area contributed by atoms with E-state index in [0.717, 1.165) is 16.7 Å². The summed E-state index contributed by atoms with van der Waals surface area (Å²) in [5, 5.41) is 8.10. The lowest BCUT2D eigenvalue weighted by Crippen LogP contribution is -2.12. The zero-order chi connectivity index (χ0) is 18.0. The molecule has 2 heterocycles. The number of methoxy groups -OCH3 is 1. The molecule has 0 saturated heterocycles. The van der Waals surface area contributed by atoms with Gasteiger partial charge in [-0.25, -0.2) is 4.98 Å². The van der Waals surface area contributed by atoms with Gasteiger partial charge in [-0.15, -0.1) is 0 Å². The predicted octanol–water partition coefficient (Wildman–Crippen LogP) is 2.94. The minimum Gasteiger partial charge on any atom is -0.493 e. The quantitative estimate of drug-likeness (QED) is 0.772. The van der Waals surface area contributed by atoms with E-state index in [9.17, 15) is 4.79 Å². The molecule has 0 aliphatic carbocycles. The van der Waals surface area contributed by atoms with Gasteiger partial charge in [-0.05, 0) is 38.1 Å². The predicted molar refractivity (Wildman–Crippen MR) is 95.4 cm³/mol. The third-order valence-corrected chi connectivity index (χ3v) is 3.85. The van der Waals surface area contributed by atoms with E-state index in [1.807, 2.05) is 27.0 Å². The molecule has 0 spiro atoms. The number of aryl methyl sites for hydroxylation is 2. The van der Waals surface area contributed by atoms with E-state index in [0.29, 0.717) is 29.4 Å². The molecular formula is C18H20N4O3. The summed E-state index contributed by atoms with van der Waals surface area (Å²) < 4.78 is 12.5. The minimum absolute atomic E-state index is 0.244. The highest BCUT2D eigenvalue weighted by Crippen LogP contribution is 2.28. The Balaban J connectivity index is 1.87. The summed E-state index contributed by atoms with van der Waals surface area (Å²) >= 11 is 0. The molecule has 3 aromatic rings. The average Bonchev–Trinajstić information content (AvgIpc) is 2.89. The first kappa shape index (κ1) is 16.8. The average molecular weight is 340 g/mol. The number of hydrogen-bond donors (Lipinski definition) is 1. The molecule has 2 aromatic heterocycles. The second-order valence-electron chi connectivity index (χ2n) is 5.56. The number of nitrogens with one attached hydrogen (secondary N) is 1. The van der Waals surface area contributed by atoms with Crippen LogP contribution >= 0.6 is 0 Å². The maximum Gasteiger partial charge on any atom is 0.255 e. The summed E-state index contributed by atoms with van der Waals surface area (Å²) in [5.41, 5.74) is 2.73. The highest BCUT2D eigenvalue weighted by atomic mass is 16.5. The van der Waals surface area contributed by atoms with Crippen LogP contribution in [0.15, 0.2) is 30.5 Å². The van der Waals surface area contributed by atoms with Crippen molar-refractivity contribution in [1.82, 2.24) is 14.8 Å². The van der Waals surface area contributed by atoms with Gasteiger partial charge >= 0.3 is 0 Å². The number of hydrogen-bond acceptors (Lipinski definition) is 5. The van der Waals surface area contributed by atoms with Gasteiger partial charge in [0.25, 0.3) is 5.91 Å². The molecule has 0 aliphatic rings. The normalized spacial score (nSPS) is 10.7. The summed E-state index contributed by atoms with van der Waals surface area (Å²) in [7, 11) is 3.40. The van der Waals surface area contributed by atoms with Crippen LogP contribution in [-0.4, -0.2) is 34.4 Å². The summed E-state index contributed by atoms with van der Waals surface area (Å²) in [6.45, 7) is 4.28. The molecule has 1 aromatic carbocycles. The number of amides is 1. The second-order valence-corrected chi connectivity index (χ2v) is 5.56. The van der Waals surface area contributed by atoms with Gasteiger partial charge in [-0.1, -0.05) is 0 Å². The molecule has 0 atom stereocenters. The van der Waals surface area contributed by atoms with Gasteiger partial charge in [0.1, 0.15) is 0 Å². The molecular weight excluding hydrogens is 320 g/mol. The molecule has 0 unspecified atom stereocenters. The van der Waals surface area contributed by atoms with E-state index in [-0.39, 0.29) is 5.91 Å². The number of fused-ring (bicyclic) bond motifs is 1. The van der Waals surface area contributed by atoms with Crippen LogP contribution in [0.25, 0.3) is 11.0 Å². The fourth-order valence-corrected chi connectivity index (χ4v) is 2.67. The molecule has 1 N–H and O–H groups in total. The third kappa shape index (κ3) is 3.26. The largest absolute Gasteiger partial charge is 0.493 e. The molecule has 1 amide bonds. The van der Waals surface area contributed by atoms with Crippen molar-refractivity contribution < 1.29 is 14.3 Å². The van der Waals surface area contributed by atoms with Crippen molar-refractivity contribution in [3.8, 4) is 11.5 Å². The number of rotatable bonds is 5. The Labute approximate surface area is 145 Å². The van der Waals surface area contributed by atoms with E-state index in [4.69, 9.17) is 9.47 Å². The Morgan fingerprint density at radius 1 is 1.28 bits per heavy atom. The first-order valence-electron chi connectivity index (χ1n) is 7.95. The number of aromatic nitrogens is 3. The molecule has 0 radical (unpaired) electrons. The van der Waals surface area contributed by atoms with Gasteiger partial charge in [-0.3, -0.25) is 9.48 Å². The molecule has 0 bridgehead atoms. The number of ether oxygens (including phenoxy) is 2. The lowest BCUT2D eigenvalue weighted by atomic mass is 10.2. The first-order valence-corrected chi connectivity index (χ1v) is 7.95. The maximum atomic E-state index is 12.5. The SMILES string of the molecule is CCOc1cc(C(=O)Nc2cnc3c(c2)c(C)nn3C)ccc1OC. The van der Waals surface area contributed by atoms with Crippen LogP contribution in [0, 0.1) is 6.92 Å². The van der Waals surface area contributed by atoms with Crippen molar-refractivity contribution >= 4 is 22.6 Å². The lowest BCUT2D eigenvalue weighted by Gasteiger charge is -2.11. The number of carbonyl (C=O) groups excluding carboxylic acids is 1. The summed E-state index contributed by atoms with van der Waals surface area (Å²) in [6, 6.07) is 6.94. The van der Waals surface area contributed by atoms with Crippen molar-refractivity contribution in [2.75, 3.05) is 19.0 Å². The molecule has 7 nitrogen and oxygen atoms in total. The number of anilines is 1. The summed E-state index contributed by atoms with van der Waals surface area (Å²) in [5.74, 6) is 0.883. The molecule has 130 valence electrons. The van der Waals surface area contributed by atoms with Crippen molar-refractivity contribution in [2.24, 2.45) is 7.05 Å². The van der Waals surface area contributed by atoms with Crippen molar-refractivity contribution in [2.45, 2.75) is 13.8 Å². The standard InChI is InChI=1S/C18H20N4O3/c1-5-25-16-8-12(6-7-15(16)24-4)18(23)20-13-9-14-11(2)21-22(3)17(14)19-10-13/h6-10H,5H2,1-4H3,(H,20,23). The third-order valence-electron chi connectivity index (χ3n) is 3.85. The molecule has 25 heavy (non-hydrogen) atoms. The van der Waals surface area contributed by atoms with Crippen molar-refractivity contribution in [3.63, 3.8) is 0 Å². The number of pyridine rings is 1. The Morgan fingerprint density at radius 2 is 2.08 bits per heavy atom. The summed E-state index contributed by atoms with van der Waals surface area (Å²) in [4.78, 5) is 16.9. The lowest BCUT2D eigenvalue weighted by molar-refractivity contribution is 0.102. The topological polar surface area (TPSA) is 78.3 Å². The Hall–Kier alpha value is -3.09. The molecule has 0 saturated carbocycles. The van der Waals surface area contributed by atoms with Crippen molar-refractivity contribution in [1.29, 1.82) is 0 Å². The van der Waals surface area contributed by atoms with E-state index in [1.54, 1.807) is 36.2 Å². The van der Waals surface area contributed by atoms with Gasteiger partial charge in [0.2, 0.25) is 0 Å². The Bertz CT molecular complexity index is 933. The van der Waals surface area contributed by atoms with Crippen LogP contribution in [0.3, 0.4) is 0 Å². The van der Waals surface area contributed by atoms with Gasteiger partial charge < -0.3 is 14.8 Å². The fraction of sp³-hybridized carbons (Fsp3) is 0.278. The Morgan fingerprint density at radius 3 is 2.80 bits per heavy atom. The molecule has 0 aliphatic heterocycles. The van der Waals surface area contributed by atoms with Gasteiger partial charge in [0.15, 0.2) is 17.1 Å². The van der Waals surface area contributed by atoms with Crippen LogP contribution in [0.1, 0.15) is 23.0 Å². The van der Waals surface area contributed by atoms with Crippen molar-refractivity contribution in [3.05, 3.63) is 41.7 Å². The highest BCUT2D eigenvalue weighted by molar-refractivity contribution is 6.05. The van der Waals surface area contributed by atoms with Crippen LogP contribution < -0.4 is 14.8 Å². The minimum atomic E-state index is -0.244. The fourth-order valence-electron chi connectivity index (χ4n) is 2.67. The van der Waals surface area contributed by atoms with Gasteiger partial charge in [0.05, 0.1) is 31.3 Å². The maximum absolute atomic E-state index is 12.5. The zero-order valence-electron chi connectivity index (χ0n) is 14.7. The smallest absolute Gasteiger partial charge is 0.255 e. The van der Waals surface area contributed by atoms with E-state index >= 15 is 0 Å². The van der Waals surface area contributed by atoms with Gasteiger partial charge in [-0.2, -0.15) is 5.10 Å². The van der Waals surface area contributed by atoms with Crippen LogP contribution in [0.5, 0.6) is 11.5 Å². The van der Waals surface area contributed by atoms with Crippen LogP contribution in [0.4, 0.5) is 5.69 Å². The number of nitrogens with zero attached hydrogens (tertiary/aromatic N) is 3. The molecule has 7 heteroatoms. The van der Waals surface area contributed by atoms with Crippen LogP contribution in [0.2, 0.25) is 0 Å². The van der Waals surface area contributed by atoms with E-state index in [1.165, 1.54) is 0 Å².